The van der Waals surface area contributed by atoms with Gasteiger partial charge in [-0.2, -0.15) is 0 Å². The number of nitrogens with two attached hydrogens (primary N) is 1. The van der Waals surface area contributed by atoms with E-state index in [9.17, 15) is 23.8 Å². The highest BCUT2D eigenvalue weighted by Gasteiger charge is 2.28. The number of allylic oxidation sites excluding steroid dienone is 14. The summed E-state index contributed by atoms with van der Waals surface area (Å²) in [7, 11) is -4.73. The topological polar surface area (TPSA) is 172 Å². The van der Waals surface area contributed by atoms with E-state index in [1.54, 1.807) is 0 Å². The van der Waals surface area contributed by atoms with Crippen molar-refractivity contribution in [3.05, 3.63) is 85.1 Å². The second kappa shape index (κ2) is 33.8. The fourth-order valence-corrected chi connectivity index (χ4v) is 4.92. The van der Waals surface area contributed by atoms with E-state index in [4.69, 9.17) is 24.8 Å². The van der Waals surface area contributed by atoms with Crippen LogP contribution >= 0.6 is 7.82 Å². The zero-order valence-electron chi connectivity index (χ0n) is 30.7. The number of unbranched alkanes of at least 4 members (excludes halogenated alkanes) is 7. The Morgan fingerprint density at radius 3 is 1.78 bits per heavy atom. The first-order chi connectivity index (χ1) is 24.6. The Labute approximate surface area is 305 Å². The van der Waals surface area contributed by atoms with Gasteiger partial charge in [0.2, 0.25) is 0 Å². The summed E-state index contributed by atoms with van der Waals surface area (Å²) in [6.07, 6.45) is 39.5. The van der Waals surface area contributed by atoms with Crippen LogP contribution in [0.5, 0.6) is 0 Å². The molecule has 0 amide bonds. The highest BCUT2D eigenvalue weighted by Crippen LogP contribution is 2.43. The van der Waals surface area contributed by atoms with Crippen LogP contribution in [0.25, 0.3) is 0 Å². The number of phosphoric acid groups is 1. The molecule has 11 nitrogen and oxygen atoms in total. The van der Waals surface area contributed by atoms with Crippen LogP contribution < -0.4 is 5.73 Å². The van der Waals surface area contributed by atoms with Gasteiger partial charge in [0.05, 0.1) is 13.2 Å². The Morgan fingerprint density at radius 1 is 0.627 bits per heavy atom. The van der Waals surface area contributed by atoms with Gasteiger partial charge in [-0.3, -0.25) is 23.4 Å². The van der Waals surface area contributed by atoms with E-state index in [1.807, 2.05) is 36.5 Å². The molecule has 0 aromatic carbocycles. The third-order valence-corrected chi connectivity index (χ3v) is 7.93. The summed E-state index contributed by atoms with van der Waals surface area (Å²) in [4.78, 5) is 45.7. The van der Waals surface area contributed by atoms with Gasteiger partial charge in [-0.1, -0.05) is 118 Å². The van der Waals surface area contributed by atoms with Crippen LogP contribution in [0.3, 0.4) is 0 Å². The summed E-state index contributed by atoms with van der Waals surface area (Å²) in [5.41, 5.74) is 5.30. The second-order valence-electron chi connectivity index (χ2n) is 11.7. The van der Waals surface area contributed by atoms with E-state index in [-0.39, 0.29) is 19.4 Å². The normalized spacial score (nSPS) is 14.9. The first-order valence-electron chi connectivity index (χ1n) is 18.2. The summed E-state index contributed by atoms with van der Waals surface area (Å²) in [5, 5.41) is 8.85. The standard InChI is InChI=1S/C39H62NO10P/c1-3-5-7-9-11-13-15-17-19-20-22-24-26-28-30-37(41)47-32-35(33-48-51(45,46)49-34-36(40)39(43)44)50-38(42)31-29-27-25-23-21-18-16-14-12-10-8-6-4-2/h5-8,10-14,16-19,21,35-36H,3-4,9,15,20,22-34,40H2,1-2H3,(H,43,44)(H,45,46)/b7-5+,8-6+,12-10+,13-11+,16-14+,19-17+,21-18+/t35?,36-/m0/s1. The molecule has 0 aliphatic carbocycles. The lowest BCUT2D eigenvalue weighted by molar-refractivity contribution is -0.161. The van der Waals surface area contributed by atoms with Crippen molar-refractivity contribution in [2.45, 2.75) is 122 Å². The van der Waals surface area contributed by atoms with Crippen LogP contribution in [0.4, 0.5) is 0 Å². The van der Waals surface area contributed by atoms with E-state index in [0.717, 1.165) is 70.6 Å². The van der Waals surface area contributed by atoms with Crippen molar-refractivity contribution < 1.29 is 47.5 Å². The molecule has 3 atom stereocenters. The Hall–Kier alpha value is -3.34. The number of phosphoric ester groups is 1. The highest BCUT2D eigenvalue weighted by molar-refractivity contribution is 7.47. The fourth-order valence-electron chi connectivity index (χ4n) is 4.15. The molecular weight excluding hydrogens is 673 g/mol. The molecule has 2 unspecified atom stereocenters. The molecule has 0 bridgehead atoms. The first kappa shape index (κ1) is 47.7. The third kappa shape index (κ3) is 33.6. The van der Waals surface area contributed by atoms with Gasteiger partial charge in [0, 0.05) is 12.8 Å². The van der Waals surface area contributed by atoms with Crippen molar-refractivity contribution >= 4 is 25.7 Å². The first-order valence-corrected chi connectivity index (χ1v) is 19.7. The number of esters is 2. The maximum atomic E-state index is 12.5. The van der Waals surface area contributed by atoms with Gasteiger partial charge in [-0.05, 0) is 64.2 Å². The predicted molar refractivity (Wildman–Crippen MR) is 203 cm³/mol. The SMILES string of the molecule is CC/C=C/C=C/C=C/C=C/CCCCCC(=O)OC(COC(=O)CCCCCC/C=C/C/C=C/C/C=C/CC)COP(=O)(O)OC[C@H](N)C(=O)O. The van der Waals surface area contributed by atoms with Crippen molar-refractivity contribution in [2.75, 3.05) is 19.8 Å². The van der Waals surface area contributed by atoms with E-state index in [0.29, 0.717) is 12.8 Å². The minimum atomic E-state index is -4.73. The van der Waals surface area contributed by atoms with Crippen LogP contribution in [0.1, 0.15) is 110 Å². The average Bonchev–Trinajstić information content (AvgIpc) is 3.10. The summed E-state index contributed by atoms with van der Waals surface area (Å²) < 4.78 is 32.4. The molecule has 0 fully saturated rings. The van der Waals surface area contributed by atoms with Gasteiger partial charge in [-0.25, -0.2) is 4.57 Å². The average molecular weight is 736 g/mol. The van der Waals surface area contributed by atoms with Crippen LogP contribution in [0, 0.1) is 0 Å². The molecule has 0 rings (SSSR count). The number of hydrogen-bond donors (Lipinski definition) is 3. The minimum Gasteiger partial charge on any atom is -0.480 e. The molecule has 0 aromatic rings. The van der Waals surface area contributed by atoms with E-state index in [2.05, 4.69) is 67.0 Å². The zero-order chi connectivity index (χ0) is 37.8. The van der Waals surface area contributed by atoms with Gasteiger partial charge in [-0.15, -0.1) is 0 Å². The Kier molecular flexibility index (Phi) is 31.6. The van der Waals surface area contributed by atoms with Crippen LogP contribution in [-0.2, 0) is 37.5 Å². The zero-order valence-corrected chi connectivity index (χ0v) is 31.5. The third-order valence-electron chi connectivity index (χ3n) is 6.98. The lowest BCUT2D eigenvalue weighted by Gasteiger charge is -2.20. The number of aliphatic carboxylic acids is 1. The second-order valence-corrected chi connectivity index (χ2v) is 13.1. The van der Waals surface area contributed by atoms with Gasteiger partial charge < -0.3 is 25.2 Å². The lowest BCUT2D eigenvalue weighted by atomic mass is 10.1. The minimum absolute atomic E-state index is 0.105. The van der Waals surface area contributed by atoms with Crippen molar-refractivity contribution in [2.24, 2.45) is 5.73 Å². The maximum absolute atomic E-state index is 12.5. The number of carbonyl (C=O) groups is 3. The summed E-state index contributed by atoms with van der Waals surface area (Å²) in [5.74, 6) is -2.48. The Bertz CT molecular complexity index is 1190. The molecule has 0 aliphatic heterocycles. The Morgan fingerprint density at radius 2 is 1.14 bits per heavy atom. The quantitative estimate of drug-likeness (QED) is 0.0198. The predicted octanol–water partition coefficient (Wildman–Crippen LogP) is 8.77. The summed E-state index contributed by atoms with van der Waals surface area (Å²) >= 11 is 0. The van der Waals surface area contributed by atoms with E-state index >= 15 is 0 Å². The molecule has 12 heteroatoms. The molecule has 0 aromatic heterocycles. The van der Waals surface area contributed by atoms with Gasteiger partial charge in [0.25, 0.3) is 0 Å². The molecule has 4 N–H and O–H groups in total. The number of carbonyl (C=O) groups excluding carboxylic acids is 2. The number of ether oxygens (including phenoxy) is 2. The largest absolute Gasteiger partial charge is 0.480 e. The molecule has 51 heavy (non-hydrogen) atoms. The molecule has 0 saturated carbocycles. The maximum Gasteiger partial charge on any atom is 0.472 e. The molecule has 0 aliphatic rings. The number of carboxylic acids is 1. The summed E-state index contributed by atoms with van der Waals surface area (Å²) in [6.45, 7) is 2.43. The highest BCUT2D eigenvalue weighted by atomic mass is 31.2. The number of hydrogen-bond acceptors (Lipinski definition) is 9. The smallest absolute Gasteiger partial charge is 0.472 e. The monoisotopic (exact) mass is 735 g/mol. The summed E-state index contributed by atoms with van der Waals surface area (Å²) in [6, 6.07) is -1.53. The molecule has 0 radical (unpaired) electrons. The van der Waals surface area contributed by atoms with Crippen molar-refractivity contribution in [1.29, 1.82) is 0 Å². The Balaban J connectivity index is 4.60. The fraction of sp³-hybridized carbons (Fsp3) is 0.564. The lowest BCUT2D eigenvalue weighted by Crippen LogP contribution is -2.34. The van der Waals surface area contributed by atoms with Gasteiger partial charge >= 0.3 is 25.7 Å². The molecule has 0 saturated heterocycles. The van der Waals surface area contributed by atoms with Crippen molar-refractivity contribution in [3.63, 3.8) is 0 Å². The molecular formula is C39H62NO10P. The van der Waals surface area contributed by atoms with Gasteiger partial charge in [0.15, 0.2) is 6.10 Å². The number of rotatable bonds is 32. The van der Waals surface area contributed by atoms with Crippen molar-refractivity contribution in [1.82, 2.24) is 0 Å². The molecule has 0 heterocycles. The van der Waals surface area contributed by atoms with Crippen LogP contribution in [-0.4, -0.2) is 59.9 Å². The molecule has 288 valence electrons. The molecule has 0 spiro atoms. The van der Waals surface area contributed by atoms with Crippen LogP contribution in [0.15, 0.2) is 85.1 Å². The van der Waals surface area contributed by atoms with E-state index in [1.165, 1.54) is 0 Å². The number of carboxylic acid groups (broad SMARTS) is 1. The van der Waals surface area contributed by atoms with Crippen molar-refractivity contribution in [3.8, 4) is 0 Å². The van der Waals surface area contributed by atoms with Gasteiger partial charge in [0.1, 0.15) is 12.6 Å². The van der Waals surface area contributed by atoms with E-state index < -0.39 is 51.1 Å². The van der Waals surface area contributed by atoms with Crippen LogP contribution in [0.2, 0.25) is 0 Å².